The maximum Gasteiger partial charge on any atom is 0.227 e. The van der Waals surface area contributed by atoms with Gasteiger partial charge in [0.15, 0.2) is 0 Å². The number of benzene rings is 1. The largest absolute Gasteiger partial charge is 0.323 e. The van der Waals surface area contributed by atoms with E-state index in [0.29, 0.717) is 12.8 Å². The zero-order chi connectivity index (χ0) is 13.1. The molecule has 1 aliphatic heterocycles. The van der Waals surface area contributed by atoms with Crippen LogP contribution in [0.2, 0.25) is 0 Å². The molecule has 18 heavy (non-hydrogen) atoms. The molecule has 1 aliphatic rings. The minimum atomic E-state index is -0.648. The highest BCUT2D eigenvalue weighted by Crippen LogP contribution is 2.24. The second-order valence-corrected chi connectivity index (χ2v) is 5.11. The van der Waals surface area contributed by atoms with Crippen LogP contribution < -0.4 is 10.6 Å². The smallest absolute Gasteiger partial charge is 0.227 e. The third kappa shape index (κ3) is 3.05. The summed E-state index contributed by atoms with van der Waals surface area (Å²) in [4.78, 5) is 11.9. The summed E-state index contributed by atoms with van der Waals surface area (Å²) in [5.74, 6) is -1.64. The van der Waals surface area contributed by atoms with E-state index in [9.17, 15) is 13.6 Å². The van der Waals surface area contributed by atoms with Gasteiger partial charge in [-0.05, 0) is 47.9 Å². The van der Waals surface area contributed by atoms with Crippen molar-refractivity contribution in [3.63, 3.8) is 0 Å². The van der Waals surface area contributed by atoms with Crippen LogP contribution >= 0.6 is 15.9 Å². The highest BCUT2D eigenvalue weighted by atomic mass is 79.9. The minimum Gasteiger partial charge on any atom is -0.323 e. The Labute approximate surface area is 112 Å². The van der Waals surface area contributed by atoms with Crippen LogP contribution in [0.25, 0.3) is 0 Å². The van der Waals surface area contributed by atoms with Gasteiger partial charge in [0.25, 0.3) is 0 Å². The first kappa shape index (κ1) is 13.4. The van der Waals surface area contributed by atoms with Crippen molar-refractivity contribution in [2.45, 2.75) is 12.8 Å². The van der Waals surface area contributed by atoms with E-state index in [4.69, 9.17) is 0 Å². The van der Waals surface area contributed by atoms with E-state index >= 15 is 0 Å². The van der Waals surface area contributed by atoms with Crippen LogP contribution in [0, 0.1) is 17.6 Å². The summed E-state index contributed by atoms with van der Waals surface area (Å²) in [6.07, 6.45) is 1.43. The maximum absolute atomic E-state index is 13.5. The molecule has 0 radical (unpaired) electrons. The molecule has 0 spiro atoms. The molecule has 1 aromatic carbocycles. The Balaban J connectivity index is 2.08. The van der Waals surface area contributed by atoms with Crippen LogP contribution in [0.4, 0.5) is 14.5 Å². The molecule has 0 saturated carbocycles. The molecule has 3 nitrogen and oxygen atoms in total. The average Bonchev–Trinajstić information content (AvgIpc) is 2.37. The molecule has 2 N–H and O–H groups in total. The van der Waals surface area contributed by atoms with Crippen molar-refractivity contribution in [1.82, 2.24) is 5.32 Å². The molecule has 0 unspecified atom stereocenters. The van der Waals surface area contributed by atoms with Crippen LogP contribution in [0.5, 0.6) is 0 Å². The van der Waals surface area contributed by atoms with Crippen LogP contribution in [0.3, 0.4) is 0 Å². The SMILES string of the molecule is O=C(Nc1cc(F)c(Br)cc1F)C1CCNCC1. The Morgan fingerprint density at radius 1 is 1.28 bits per heavy atom. The first-order valence-corrected chi connectivity index (χ1v) is 6.53. The third-order valence-electron chi connectivity index (χ3n) is 2.98. The molecule has 1 fully saturated rings. The van der Waals surface area contributed by atoms with Gasteiger partial charge < -0.3 is 10.6 Å². The van der Waals surface area contributed by atoms with Crippen molar-refractivity contribution < 1.29 is 13.6 Å². The molecule has 0 bridgehead atoms. The van der Waals surface area contributed by atoms with Crippen LogP contribution in [-0.2, 0) is 4.79 Å². The summed E-state index contributed by atoms with van der Waals surface area (Å²) < 4.78 is 26.9. The molecule has 0 aromatic heterocycles. The van der Waals surface area contributed by atoms with Gasteiger partial charge >= 0.3 is 0 Å². The van der Waals surface area contributed by atoms with Crippen LogP contribution in [0.15, 0.2) is 16.6 Å². The molecule has 1 amide bonds. The quantitative estimate of drug-likeness (QED) is 0.823. The van der Waals surface area contributed by atoms with Crippen molar-refractivity contribution >= 4 is 27.5 Å². The molecule has 1 aromatic rings. The van der Waals surface area contributed by atoms with Gasteiger partial charge in [0.05, 0.1) is 10.2 Å². The minimum absolute atomic E-state index is 0.0415. The summed E-state index contributed by atoms with van der Waals surface area (Å²) in [6, 6.07) is 1.99. The number of amides is 1. The number of anilines is 1. The van der Waals surface area contributed by atoms with Crippen molar-refractivity contribution in [3.05, 3.63) is 28.2 Å². The molecule has 2 rings (SSSR count). The lowest BCUT2D eigenvalue weighted by atomic mass is 9.97. The number of carbonyl (C=O) groups is 1. The number of rotatable bonds is 2. The van der Waals surface area contributed by atoms with E-state index in [2.05, 4.69) is 26.6 Å². The van der Waals surface area contributed by atoms with Crippen molar-refractivity contribution in [2.24, 2.45) is 5.92 Å². The van der Waals surface area contributed by atoms with E-state index in [1.165, 1.54) is 0 Å². The molecule has 0 atom stereocenters. The third-order valence-corrected chi connectivity index (χ3v) is 3.59. The molecule has 1 saturated heterocycles. The fraction of sp³-hybridized carbons (Fsp3) is 0.417. The van der Waals surface area contributed by atoms with E-state index in [1.54, 1.807) is 0 Å². The Kier molecular flexibility index (Phi) is 4.29. The van der Waals surface area contributed by atoms with E-state index in [0.717, 1.165) is 25.2 Å². The van der Waals surface area contributed by atoms with Gasteiger partial charge in [0, 0.05) is 12.0 Å². The van der Waals surface area contributed by atoms with Gasteiger partial charge in [0.1, 0.15) is 11.6 Å². The summed E-state index contributed by atoms with van der Waals surface area (Å²) in [5.41, 5.74) is -0.112. The fourth-order valence-electron chi connectivity index (χ4n) is 1.94. The number of hydrogen-bond donors (Lipinski definition) is 2. The Hall–Kier alpha value is -1.01. The monoisotopic (exact) mass is 318 g/mol. The maximum atomic E-state index is 13.5. The summed E-state index contributed by atoms with van der Waals surface area (Å²) in [7, 11) is 0. The molecular weight excluding hydrogens is 306 g/mol. The van der Waals surface area contributed by atoms with Gasteiger partial charge in [-0.3, -0.25) is 4.79 Å². The Bertz CT molecular complexity index is 462. The van der Waals surface area contributed by atoms with Gasteiger partial charge in [-0.1, -0.05) is 0 Å². The number of piperidine rings is 1. The Morgan fingerprint density at radius 2 is 1.94 bits per heavy atom. The van der Waals surface area contributed by atoms with Crippen LogP contribution in [0.1, 0.15) is 12.8 Å². The lowest BCUT2D eigenvalue weighted by molar-refractivity contribution is -0.120. The highest BCUT2D eigenvalue weighted by molar-refractivity contribution is 9.10. The number of carbonyl (C=O) groups excluding carboxylic acids is 1. The lowest BCUT2D eigenvalue weighted by Gasteiger charge is -2.21. The summed E-state index contributed by atoms with van der Waals surface area (Å²) >= 11 is 2.89. The summed E-state index contributed by atoms with van der Waals surface area (Å²) in [5, 5.41) is 5.59. The molecule has 6 heteroatoms. The first-order valence-electron chi connectivity index (χ1n) is 5.74. The standard InChI is InChI=1S/C12H13BrF2N2O/c13-8-5-10(15)11(6-9(8)14)17-12(18)7-1-3-16-4-2-7/h5-7,16H,1-4H2,(H,17,18). The molecule has 1 heterocycles. The topological polar surface area (TPSA) is 41.1 Å². The van der Waals surface area contributed by atoms with Gasteiger partial charge in [-0.25, -0.2) is 8.78 Å². The number of halogens is 3. The van der Waals surface area contributed by atoms with Crippen molar-refractivity contribution in [3.8, 4) is 0 Å². The normalized spacial score (nSPS) is 16.6. The zero-order valence-corrected chi connectivity index (χ0v) is 11.2. The van der Waals surface area contributed by atoms with E-state index < -0.39 is 11.6 Å². The number of hydrogen-bond acceptors (Lipinski definition) is 2. The zero-order valence-electron chi connectivity index (χ0n) is 9.60. The fourth-order valence-corrected chi connectivity index (χ4v) is 2.25. The second-order valence-electron chi connectivity index (χ2n) is 4.26. The summed E-state index contributed by atoms with van der Waals surface area (Å²) in [6.45, 7) is 1.55. The predicted octanol–water partition coefficient (Wildman–Crippen LogP) is 2.67. The molecular formula is C12H13BrF2N2O. The lowest BCUT2D eigenvalue weighted by Crippen LogP contribution is -2.34. The average molecular weight is 319 g/mol. The van der Waals surface area contributed by atoms with Crippen LogP contribution in [-0.4, -0.2) is 19.0 Å². The van der Waals surface area contributed by atoms with Crippen molar-refractivity contribution in [2.75, 3.05) is 18.4 Å². The molecule has 0 aliphatic carbocycles. The van der Waals surface area contributed by atoms with E-state index in [-0.39, 0.29) is 22.0 Å². The molecule has 98 valence electrons. The Morgan fingerprint density at radius 3 is 2.61 bits per heavy atom. The highest BCUT2D eigenvalue weighted by Gasteiger charge is 2.22. The van der Waals surface area contributed by atoms with E-state index in [1.807, 2.05) is 0 Å². The second kappa shape index (κ2) is 5.75. The predicted molar refractivity (Wildman–Crippen MR) is 68.3 cm³/mol. The van der Waals surface area contributed by atoms with Gasteiger partial charge in [0.2, 0.25) is 5.91 Å². The number of nitrogens with one attached hydrogen (secondary N) is 2. The van der Waals surface area contributed by atoms with Gasteiger partial charge in [-0.15, -0.1) is 0 Å². The van der Waals surface area contributed by atoms with Crippen molar-refractivity contribution in [1.29, 1.82) is 0 Å². The first-order chi connectivity index (χ1) is 8.58. The van der Waals surface area contributed by atoms with Gasteiger partial charge in [-0.2, -0.15) is 0 Å².